The molecule has 7 nitrogen and oxygen atoms in total. The second-order valence-corrected chi connectivity index (χ2v) is 5.41. The number of ether oxygens (including phenoxy) is 1. The summed E-state index contributed by atoms with van der Waals surface area (Å²) in [6.07, 6.45) is 0.472. The summed E-state index contributed by atoms with van der Waals surface area (Å²) in [6.45, 7) is 7.64. The SMILES string of the molecule is CN(C(=O)OC(C)(C)C)C1CCNCC1.NC(=O)O. The molecule has 0 atom stereocenters. The van der Waals surface area contributed by atoms with Crippen molar-refractivity contribution < 1.29 is 19.4 Å². The zero-order chi connectivity index (χ0) is 15.1. The molecular formula is C12H25N3O4. The summed E-state index contributed by atoms with van der Waals surface area (Å²) < 4.78 is 5.32. The number of amides is 2. The Hall–Kier alpha value is -1.50. The van der Waals surface area contributed by atoms with Gasteiger partial charge in [-0.1, -0.05) is 0 Å². The predicted molar refractivity (Wildman–Crippen MR) is 72.1 cm³/mol. The predicted octanol–water partition coefficient (Wildman–Crippen LogP) is 1.23. The van der Waals surface area contributed by atoms with E-state index in [4.69, 9.17) is 14.6 Å². The summed E-state index contributed by atoms with van der Waals surface area (Å²) in [6, 6.07) is 0.320. The van der Waals surface area contributed by atoms with E-state index in [2.05, 4.69) is 11.1 Å². The first kappa shape index (κ1) is 17.5. The molecule has 0 saturated carbocycles. The lowest BCUT2D eigenvalue weighted by Crippen LogP contribution is -2.45. The van der Waals surface area contributed by atoms with Crippen molar-refractivity contribution in [1.29, 1.82) is 0 Å². The topological polar surface area (TPSA) is 105 Å². The maximum Gasteiger partial charge on any atom is 0.410 e. The van der Waals surface area contributed by atoms with Crippen LogP contribution in [0.1, 0.15) is 33.6 Å². The number of rotatable bonds is 1. The number of nitrogens with zero attached hydrogens (tertiary/aromatic N) is 1. The molecular weight excluding hydrogens is 250 g/mol. The molecule has 0 unspecified atom stereocenters. The molecule has 0 aromatic heterocycles. The molecule has 0 radical (unpaired) electrons. The first-order chi connectivity index (χ1) is 8.63. The zero-order valence-corrected chi connectivity index (χ0v) is 12.1. The fourth-order valence-corrected chi connectivity index (χ4v) is 1.68. The van der Waals surface area contributed by atoms with Crippen LogP contribution in [0.2, 0.25) is 0 Å². The third-order valence-corrected chi connectivity index (χ3v) is 2.54. The van der Waals surface area contributed by atoms with Crippen LogP contribution in [0.3, 0.4) is 0 Å². The summed E-state index contributed by atoms with van der Waals surface area (Å²) in [7, 11) is 1.82. The molecule has 1 aliphatic heterocycles. The van der Waals surface area contributed by atoms with Gasteiger partial charge < -0.3 is 25.8 Å². The molecule has 1 rings (SSSR count). The molecule has 2 amide bonds. The van der Waals surface area contributed by atoms with Crippen LogP contribution in [0.15, 0.2) is 0 Å². The van der Waals surface area contributed by atoms with Crippen molar-refractivity contribution in [2.75, 3.05) is 20.1 Å². The minimum absolute atomic E-state index is 0.214. The van der Waals surface area contributed by atoms with E-state index < -0.39 is 11.7 Å². The number of nitrogens with one attached hydrogen (secondary N) is 1. The minimum atomic E-state index is -1.33. The number of primary amides is 1. The molecule has 1 aliphatic rings. The molecule has 0 aromatic carbocycles. The fraction of sp³-hybridized carbons (Fsp3) is 0.833. The van der Waals surface area contributed by atoms with E-state index in [9.17, 15) is 4.79 Å². The second kappa shape index (κ2) is 7.83. The summed E-state index contributed by atoms with van der Waals surface area (Å²) in [5.41, 5.74) is 3.62. The summed E-state index contributed by atoms with van der Waals surface area (Å²) in [5.74, 6) is 0. The number of hydrogen-bond acceptors (Lipinski definition) is 4. The number of nitrogens with two attached hydrogens (primary N) is 1. The smallest absolute Gasteiger partial charge is 0.410 e. The standard InChI is InChI=1S/C11H22N2O2.CH3NO2/c1-11(2,3)15-10(14)13(4)9-5-7-12-8-6-9;2-1(3)4/h9,12H,5-8H2,1-4H3;2H2,(H,3,4). The Bertz CT molecular complexity index is 292. The largest absolute Gasteiger partial charge is 0.465 e. The van der Waals surface area contributed by atoms with Gasteiger partial charge in [-0.2, -0.15) is 0 Å². The van der Waals surface area contributed by atoms with Gasteiger partial charge in [-0.15, -0.1) is 0 Å². The second-order valence-electron chi connectivity index (χ2n) is 5.41. The molecule has 0 aliphatic carbocycles. The summed E-state index contributed by atoms with van der Waals surface area (Å²) in [5, 5.41) is 10.5. The van der Waals surface area contributed by atoms with Gasteiger partial charge in [0.25, 0.3) is 0 Å². The first-order valence-electron chi connectivity index (χ1n) is 6.28. The monoisotopic (exact) mass is 275 g/mol. The number of carboxylic acid groups (broad SMARTS) is 1. The normalized spacial score (nSPS) is 16.0. The zero-order valence-electron chi connectivity index (χ0n) is 12.1. The first-order valence-corrected chi connectivity index (χ1v) is 6.28. The van der Waals surface area contributed by atoms with Gasteiger partial charge in [0.2, 0.25) is 0 Å². The van der Waals surface area contributed by atoms with Gasteiger partial charge in [-0.05, 0) is 46.7 Å². The van der Waals surface area contributed by atoms with Gasteiger partial charge in [0.1, 0.15) is 5.60 Å². The molecule has 1 fully saturated rings. The molecule has 0 bridgehead atoms. The van der Waals surface area contributed by atoms with E-state index in [1.54, 1.807) is 4.90 Å². The Morgan fingerprint density at radius 3 is 2.11 bits per heavy atom. The number of carbonyl (C=O) groups excluding carboxylic acids is 1. The van der Waals surface area contributed by atoms with Crippen LogP contribution in [-0.4, -0.2) is 54.0 Å². The molecule has 19 heavy (non-hydrogen) atoms. The highest BCUT2D eigenvalue weighted by molar-refractivity contribution is 5.68. The van der Waals surface area contributed by atoms with Gasteiger partial charge >= 0.3 is 12.2 Å². The molecule has 1 saturated heterocycles. The van der Waals surface area contributed by atoms with Gasteiger partial charge in [-0.25, -0.2) is 9.59 Å². The van der Waals surface area contributed by atoms with Crippen LogP contribution in [0.25, 0.3) is 0 Å². The molecule has 1 heterocycles. The van der Waals surface area contributed by atoms with Crippen molar-refractivity contribution in [3.63, 3.8) is 0 Å². The number of hydrogen-bond donors (Lipinski definition) is 3. The van der Waals surface area contributed by atoms with E-state index in [1.807, 2.05) is 27.8 Å². The Morgan fingerprint density at radius 1 is 1.32 bits per heavy atom. The summed E-state index contributed by atoms with van der Waals surface area (Å²) in [4.78, 5) is 22.2. The Labute approximate surface area is 114 Å². The van der Waals surface area contributed by atoms with Gasteiger partial charge in [-0.3, -0.25) is 0 Å². The highest BCUT2D eigenvalue weighted by Crippen LogP contribution is 2.14. The van der Waals surface area contributed by atoms with Crippen molar-refractivity contribution in [1.82, 2.24) is 10.2 Å². The van der Waals surface area contributed by atoms with Gasteiger partial charge in [0.05, 0.1) is 0 Å². The van der Waals surface area contributed by atoms with Crippen molar-refractivity contribution >= 4 is 12.2 Å². The highest BCUT2D eigenvalue weighted by atomic mass is 16.6. The van der Waals surface area contributed by atoms with Crippen LogP contribution in [0.4, 0.5) is 9.59 Å². The van der Waals surface area contributed by atoms with Gasteiger partial charge in [0.15, 0.2) is 0 Å². The Morgan fingerprint density at radius 2 is 1.74 bits per heavy atom. The Balaban J connectivity index is 0.000000711. The van der Waals surface area contributed by atoms with Crippen molar-refractivity contribution in [2.24, 2.45) is 5.73 Å². The van der Waals surface area contributed by atoms with Crippen LogP contribution in [-0.2, 0) is 4.74 Å². The fourth-order valence-electron chi connectivity index (χ4n) is 1.68. The van der Waals surface area contributed by atoms with Crippen LogP contribution in [0.5, 0.6) is 0 Å². The van der Waals surface area contributed by atoms with Crippen molar-refractivity contribution in [3.8, 4) is 0 Å². The molecule has 112 valence electrons. The van der Waals surface area contributed by atoms with E-state index in [-0.39, 0.29) is 6.09 Å². The van der Waals surface area contributed by atoms with Crippen molar-refractivity contribution in [3.05, 3.63) is 0 Å². The highest BCUT2D eigenvalue weighted by Gasteiger charge is 2.26. The lowest BCUT2D eigenvalue weighted by Gasteiger charge is -2.33. The van der Waals surface area contributed by atoms with Crippen LogP contribution in [0, 0.1) is 0 Å². The molecule has 0 aromatic rings. The minimum Gasteiger partial charge on any atom is -0.465 e. The third kappa shape index (κ3) is 9.12. The van der Waals surface area contributed by atoms with E-state index in [0.717, 1.165) is 25.9 Å². The molecule has 4 N–H and O–H groups in total. The maximum absolute atomic E-state index is 11.7. The average Bonchev–Trinajstić information content (AvgIpc) is 2.26. The summed E-state index contributed by atoms with van der Waals surface area (Å²) >= 11 is 0. The maximum atomic E-state index is 11.7. The van der Waals surface area contributed by atoms with E-state index >= 15 is 0 Å². The lowest BCUT2D eigenvalue weighted by molar-refractivity contribution is 0.0195. The quantitative estimate of drug-likeness (QED) is 0.667. The van der Waals surface area contributed by atoms with Crippen molar-refractivity contribution in [2.45, 2.75) is 45.3 Å². The van der Waals surface area contributed by atoms with Gasteiger partial charge in [0, 0.05) is 13.1 Å². The molecule has 7 heteroatoms. The number of carbonyl (C=O) groups is 2. The third-order valence-electron chi connectivity index (χ3n) is 2.54. The van der Waals surface area contributed by atoms with E-state index in [0.29, 0.717) is 6.04 Å². The molecule has 0 spiro atoms. The van der Waals surface area contributed by atoms with Crippen LogP contribution >= 0.6 is 0 Å². The number of piperidine rings is 1. The van der Waals surface area contributed by atoms with Crippen LogP contribution < -0.4 is 11.1 Å². The Kier molecular flexibility index (Phi) is 7.21. The lowest BCUT2D eigenvalue weighted by atomic mass is 10.1. The average molecular weight is 275 g/mol. The van der Waals surface area contributed by atoms with E-state index in [1.165, 1.54) is 0 Å².